The van der Waals surface area contributed by atoms with Crippen molar-refractivity contribution in [3.8, 4) is 0 Å². The van der Waals surface area contributed by atoms with Gasteiger partial charge in [0.2, 0.25) is 0 Å². The van der Waals surface area contributed by atoms with Crippen LogP contribution in [-0.4, -0.2) is 54.1 Å². The zero-order valence-electron chi connectivity index (χ0n) is 18.8. The fourth-order valence-electron chi connectivity index (χ4n) is 4.56. The minimum Gasteiger partial charge on any atom is -0.390 e. The van der Waals surface area contributed by atoms with Gasteiger partial charge in [-0.2, -0.15) is 0 Å². The van der Waals surface area contributed by atoms with Crippen LogP contribution in [0.25, 0.3) is 0 Å². The Labute approximate surface area is 180 Å². The number of aliphatic hydroxyl groups is 1. The molecule has 28 heavy (non-hydrogen) atoms. The molecule has 0 amide bonds. The van der Waals surface area contributed by atoms with Crippen molar-refractivity contribution in [1.29, 1.82) is 0 Å². The Bertz CT molecular complexity index is 389. The summed E-state index contributed by atoms with van der Waals surface area (Å²) in [6, 6.07) is 0. The second-order valence-electron chi connectivity index (χ2n) is 8.73. The van der Waals surface area contributed by atoms with Crippen molar-refractivity contribution in [2.24, 2.45) is 4.99 Å². The molecule has 0 saturated carbocycles. The Hall–Kier alpha value is -0.120. The standard InChI is InChI=1S/C24H48ClN2O/c1-2-3-4-5-6-7-8-9-10-11-12-13-14-17-24-26-19-21-27(24,22-23-28)20-16-15-18-25/h28H,2-23H2,1H3/q+1. The van der Waals surface area contributed by atoms with E-state index in [4.69, 9.17) is 16.6 Å². The highest BCUT2D eigenvalue weighted by atomic mass is 35.5. The van der Waals surface area contributed by atoms with E-state index < -0.39 is 0 Å². The van der Waals surface area contributed by atoms with Crippen molar-refractivity contribution in [3.05, 3.63) is 0 Å². The van der Waals surface area contributed by atoms with Gasteiger partial charge in [-0.15, -0.1) is 11.6 Å². The predicted octanol–water partition coefficient (Wildman–Crippen LogP) is 6.71. The predicted molar refractivity (Wildman–Crippen MR) is 125 cm³/mol. The third-order valence-electron chi connectivity index (χ3n) is 6.37. The summed E-state index contributed by atoms with van der Waals surface area (Å²) in [6.07, 6.45) is 21.5. The van der Waals surface area contributed by atoms with Crippen LogP contribution >= 0.6 is 11.6 Å². The first-order chi connectivity index (χ1) is 13.8. The summed E-state index contributed by atoms with van der Waals surface area (Å²) < 4.78 is 0.936. The van der Waals surface area contributed by atoms with Crippen LogP contribution < -0.4 is 0 Å². The topological polar surface area (TPSA) is 32.6 Å². The Morgan fingerprint density at radius 1 is 0.786 bits per heavy atom. The van der Waals surface area contributed by atoms with Crippen LogP contribution in [-0.2, 0) is 0 Å². The number of rotatable bonds is 20. The molecule has 0 spiro atoms. The highest BCUT2D eigenvalue weighted by Crippen LogP contribution is 2.21. The van der Waals surface area contributed by atoms with Crippen molar-refractivity contribution >= 4 is 17.4 Å². The summed E-state index contributed by atoms with van der Waals surface area (Å²) in [5, 5.41) is 9.55. The Kier molecular flexibility index (Phi) is 16.4. The normalized spacial score (nSPS) is 19.3. The lowest BCUT2D eigenvalue weighted by Gasteiger charge is -2.34. The van der Waals surface area contributed by atoms with Crippen molar-refractivity contribution in [2.45, 2.75) is 110 Å². The molecule has 0 saturated heterocycles. The molecule has 1 atom stereocenters. The average Bonchev–Trinajstić information content (AvgIpc) is 3.08. The smallest absolute Gasteiger partial charge is 0.198 e. The zero-order chi connectivity index (χ0) is 20.3. The van der Waals surface area contributed by atoms with Gasteiger partial charge in [0.25, 0.3) is 0 Å². The molecule has 0 aliphatic carbocycles. The van der Waals surface area contributed by atoms with Gasteiger partial charge in [0, 0.05) is 12.3 Å². The molecule has 166 valence electrons. The van der Waals surface area contributed by atoms with Crippen LogP contribution in [0, 0.1) is 0 Å². The molecule has 4 heteroatoms. The van der Waals surface area contributed by atoms with Gasteiger partial charge in [-0.05, 0) is 19.3 Å². The van der Waals surface area contributed by atoms with Crippen LogP contribution in [0.3, 0.4) is 0 Å². The molecular formula is C24H48ClN2O+. The number of aliphatic imine (C=N–C) groups is 1. The lowest BCUT2D eigenvalue weighted by Crippen LogP contribution is -2.53. The van der Waals surface area contributed by atoms with E-state index in [9.17, 15) is 5.11 Å². The van der Waals surface area contributed by atoms with Gasteiger partial charge in [0.1, 0.15) is 13.1 Å². The summed E-state index contributed by atoms with van der Waals surface area (Å²) in [6.45, 7) is 6.50. The molecule has 0 aromatic heterocycles. The molecule has 1 unspecified atom stereocenters. The van der Waals surface area contributed by atoms with Gasteiger partial charge in [-0.25, -0.2) is 4.99 Å². The van der Waals surface area contributed by atoms with E-state index in [0.717, 1.165) is 55.8 Å². The minimum absolute atomic E-state index is 0.262. The first kappa shape index (κ1) is 25.9. The molecule has 1 N–H and O–H groups in total. The third-order valence-corrected chi connectivity index (χ3v) is 6.64. The number of alkyl halides is 1. The molecule has 0 aromatic rings. The van der Waals surface area contributed by atoms with Gasteiger partial charge < -0.3 is 5.11 Å². The van der Waals surface area contributed by atoms with E-state index in [1.54, 1.807) is 0 Å². The molecule has 1 aliphatic rings. The molecular weight excluding hydrogens is 368 g/mol. The maximum absolute atomic E-state index is 9.55. The highest BCUT2D eigenvalue weighted by Gasteiger charge is 2.36. The second-order valence-corrected chi connectivity index (χ2v) is 9.10. The number of quaternary nitrogens is 1. The fraction of sp³-hybridized carbons (Fsp3) is 0.958. The lowest BCUT2D eigenvalue weighted by atomic mass is 10.0. The number of unbranched alkanes of at least 4 members (excludes halogenated alkanes) is 13. The van der Waals surface area contributed by atoms with Crippen molar-refractivity contribution in [2.75, 3.05) is 38.7 Å². The third kappa shape index (κ3) is 11.2. The summed E-state index contributed by atoms with van der Waals surface area (Å²) in [5.74, 6) is 2.09. The first-order valence-electron chi connectivity index (χ1n) is 12.4. The average molecular weight is 416 g/mol. The highest BCUT2D eigenvalue weighted by molar-refractivity contribution is 6.17. The van der Waals surface area contributed by atoms with Crippen molar-refractivity contribution < 1.29 is 9.59 Å². The molecule has 0 fully saturated rings. The number of halogens is 1. The number of aliphatic hydroxyl groups excluding tert-OH is 1. The van der Waals surface area contributed by atoms with Crippen LogP contribution in [0.4, 0.5) is 0 Å². The summed E-state index contributed by atoms with van der Waals surface area (Å²) in [5.41, 5.74) is 0. The summed E-state index contributed by atoms with van der Waals surface area (Å²) in [7, 11) is 0. The monoisotopic (exact) mass is 415 g/mol. The summed E-state index contributed by atoms with van der Waals surface area (Å²) in [4.78, 5) is 4.83. The quantitative estimate of drug-likeness (QED) is 0.134. The number of hydrogen-bond acceptors (Lipinski definition) is 2. The minimum atomic E-state index is 0.262. The van der Waals surface area contributed by atoms with E-state index in [1.165, 1.54) is 89.3 Å². The van der Waals surface area contributed by atoms with Gasteiger partial charge in [0.05, 0.1) is 19.7 Å². The second kappa shape index (κ2) is 17.7. The van der Waals surface area contributed by atoms with Crippen LogP contribution in [0.2, 0.25) is 0 Å². The van der Waals surface area contributed by atoms with Gasteiger partial charge in [-0.3, -0.25) is 4.48 Å². The van der Waals surface area contributed by atoms with Crippen LogP contribution in [0.1, 0.15) is 110 Å². The zero-order valence-corrected chi connectivity index (χ0v) is 19.5. The van der Waals surface area contributed by atoms with E-state index in [1.807, 2.05) is 0 Å². The summed E-state index contributed by atoms with van der Waals surface area (Å²) >= 11 is 5.86. The SMILES string of the molecule is CCCCCCCCCCCCCCCC1=NCC[N+]1(CCO)CCCCCl. The van der Waals surface area contributed by atoms with Gasteiger partial charge in [-0.1, -0.05) is 84.0 Å². The van der Waals surface area contributed by atoms with E-state index in [0.29, 0.717) is 0 Å². The first-order valence-corrected chi connectivity index (χ1v) is 12.9. The van der Waals surface area contributed by atoms with Crippen molar-refractivity contribution in [3.63, 3.8) is 0 Å². The maximum Gasteiger partial charge on any atom is 0.198 e. The molecule has 0 radical (unpaired) electrons. The fourth-order valence-corrected chi connectivity index (χ4v) is 4.75. The Balaban J connectivity index is 2.05. The molecule has 1 rings (SSSR count). The Morgan fingerprint density at radius 3 is 1.89 bits per heavy atom. The Morgan fingerprint density at radius 2 is 1.36 bits per heavy atom. The van der Waals surface area contributed by atoms with Gasteiger partial charge in [0.15, 0.2) is 5.84 Å². The number of nitrogens with zero attached hydrogens (tertiary/aromatic N) is 2. The number of hydrogen-bond donors (Lipinski definition) is 1. The molecule has 3 nitrogen and oxygen atoms in total. The maximum atomic E-state index is 9.55. The van der Waals surface area contributed by atoms with Crippen LogP contribution in [0.5, 0.6) is 0 Å². The molecule has 0 bridgehead atoms. The molecule has 1 aliphatic heterocycles. The van der Waals surface area contributed by atoms with Crippen molar-refractivity contribution in [1.82, 2.24) is 0 Å². The molecule has 1 heterocycles. The van der Waals surface area contributed by atoms with E-state index in [-0.39, 0.29) is 6.61 Å². The number of amidine groups is 1. The van der Waals surface area contributed by atoms with Crippen LogP contribution in [0.15, 0.2) is 4.99 Å². The molecule has 0 aromatic carbocycles. The largest absolute Gasteiger partial charge is 0.390 e. The van der Waals surface area contributed by atoms with E-state index >= 15 is 0 Å². The van der Waals surface area contributed by atoms with Gasteiger partial charge >= 0.3 is 0 Å². The lowest BCUT2D eigenvalue weighted by molar-refractivity contribution is -0.837. The van der Waals surface area contributed by atoms with E-state index in [2.05, 4.69) is 6.92 Å².